The van der Waals surface area contributed by atoms with Crippen LogP contribution in [0.2, 0.25) is 0 Å². The standard InChI is InChI=1S/C22H29N3O4/c1-15-10-19(21(27)29-2)18-8-3-4-9-20(18)25(15)22(28)24-13-17-7-5-6-16(11-17)12-23-14-26/h3-4,8-9,15-17,19H,5-7,10-13H2,1-2H3,(H,24,28). The Balaban J connectivity index is 1.67. The number of carbonyl (C=O) groups excluding carboxylic acids is 3. The second-order valence-corrected chi connectivity index (χ2v) is 8.11. The van der Waals surface area contributed by atoms with Gasteiger partial charge in [0.15, 0.2) is 0 Å². The smallest absolute Gasteiger partial charge is 0.322 e. The van der Waals surface area contributed by atoms with Crippen molar-refractivity contribution >= 4 is 23.8 Å². The molecule has 4 unspecified atom stereocenters. The van der Waals surface area contributed by atoms with E-state index in [0.717, 1.165) is 36.9 Å². The van der Waals surface area contributed by atoms with Crippen molar-refractivity contribution in [3.05, 3.63) is 29.8 Å². The summed E-state index contributed by atoms with van der Waals surface area (Å²) < 4.78 is 4.97. The Kier molecular flexibility index (Phi) is 7.04. The molecule has 29 heavy (non-hydrogen) atoms. The van der Waals surface area contributed by atoms with E-state index in [1.165, 1.54) is 7.11 Å². The van der Waals surface area contributed by atoms with Gasteiger partial charge in [0, 0.05) is 18.3 Å². The number of para-hydroxylation sites is 1. The van der Waals surface area contributed by atoms with Gasteiger partial charge in [-0.1, -0.05) is 24.6 Å². The van der Waals surface area contributed by atoms with Crippen molar-refractivity contribution in [1.82, 2.24) is 5.32 Å². The number of ether oxygens (including phenoxy) is 1. The van der Waals surface area contributed by atoms with Gasteiger partial charge in [0.1, 0.15) is 0 Å². The van der Waals surface area contributed by atoms with Crippen LogP contribution in [0.1, 0.15) is 50.5 Å². The number of nitrogens with zero attached hydrogens (tertiary/aromatic N) is 2. The summed E-state index contributed by atoms with van der Waals surface area (Å²) in [5, 5.41) is 3.09. The molecule has 7 nitrogen and oxygen atoms in total. The number of amides is 2. The lowest BCUT2D eigenvalue weighted by atomic mass is 9.81. The SMILES string of the molecule is COC(=O)C1CC(C)N(C(=O)NCC2CCCC(CN=C=O)C2)c2ccccc21. The maximum absolute atomic E-state index is 13.0. The third-order valence-electron chi connectivity index (χ3n) is 6.14. The number of hydrogen-bond donors (Lipinski definition) is 1. The Bertz CT molecular complexity index is 790. The van der Waals surface area contributed by atoms with Crippen molar-refractivity contribution in [3.8, 4) is 0 Å². The predicted octanol–water partition coefficient (Wildman–Crippen LogP) is 3.39. The van der Waals surface area contributed by atoms with E-state index in [4.69, 9.17) is 4.74 Å². The molecule has 0 spiro atoms. The Hall–Kier alpha value is -2.66. The monoisotopic (exact) mass is 399 g/mol. The lowest BCUT2D eigenvalue weighted by Crippen LogP contribution is -2.50. The number of carbonyl (C=O) groups is 2. The average molecular weight is 399 g/mol. The van der Waals surface area contributed by atoms with Crippen molar-refractivity contribution in [2.24, 2.45) is 16.8 Å². The van der Waals surface area contributed by atoms with E-state index < -0.39 is 0 Å². The maximum atomic E-state index is 13.0. The Morgan fingerprint density at radius 1 is 1.24 bits per heavy atom. The molecule has 1 fully saturated rings. The molecule has 7 heteroatoms. The van der Waals surface area contributed by atoms with E-state index in [0.29, 0.717) is 31.3 Å². The van der Waals surface area contributed by atoms with Crippen LogP contribution in [0, 0.1) is 11.8 Å². The van der Waals surface area contributed by atoms with Crippen LogP contribution in [0.15, 0.2) is 29.3 Å². The number of rotatable bonds is 5. The lowest BCUT2D eigenvalue weighted by molar-refractivity contribution is -0.142. The first-order chi connectivity index (χ1) is 14.0. The van der Waals surface area contributed by atoms with Crippen molar-refractivity contribution in [1.29, 1.82) is 0 Å². The number of nitrogens with one attached hydrogen (secondary N) is 1. The van der Waals surface area contributed by atoms with Crippen molar-refractivity contribution < 1.29 is 19.1 Å². The first kappa shape index (κ1) is 21.1. The third-order valence-corrected chi connectivity index (χ3v) is 6.14. The molecule has 0 saturated heterocycles. The molecule has 156 valence electrons. The molecule has 1 aromatic rings. The second-order valence-electron chi connectivity index (χ2n) is 8.11. The Labute approximate surface area is 171 Å². The van der Waals surface area contributed by atoms with Gasteiger partial charge in [-0.25, -0.2) is 14.6 Å². The molecule has 0 radical (unpaired) electrons. The number of methoxy groups -OCH3 is 1. The molecule has 0 aromatic heterocycles. The summed E-state index contributed by atoms with van der Waals surface area (Å²) in [6, 6.07) is 7.28. The highest BCUT2D eigenvalue weighted by atomic mass is 16.5. The fourth-order valence-electron chi connectivity index (χ4n) is 4.72. The van der Waals surface area contributed by atoms with Crippen molar-refractivity contribution in [2.45, 2.75) is 51.0 Å². The molecular weight excluding hydrogens is 370 g/mol. The minimum atomic E-state index is -0.354. The van der Waals surface area contributed by atoms with Gasteiger partial charge in [0.2, 0.25) is 6.08 Å². The summed E-state index contributed by atoms with van der Waals surface area (Å²) >= 11 is 0. The van der Waals surface area contributed by atoms with Gasteiger partial charge < -0.3 is 10.1 Å². The number of benzene rings is 1. The fraction of sp³-hybridized carbons (Fsp3) is 0.591. The minimum absolute atomic E-state index is 0.116. The second kappa shape index (κ2) is 9.70. The van der Waals surface area contributed by atoms with Gasteiger partial charge in [-0.15, -0.1) is 0 Å². The summed E-state index contributed by atoms with van der Waals surface area (Å²) in [4.78, 5) is 41.1. The molecule has 2 amide bonds. The summed E-state index contributed by atoms with van der Waals surface area (Å²) in [5.41, 5.74) is 1.60. The van der Waals surface area contributed by atoms with Crippen LogP contribution in [-0.4, -0.2) is 44.3 Å². The third kappa shape index (κ3) is 4.85. The van der Waals surface area contributed by atoms with Gasteiger partial charge in [0.25, 0.3) is 0 Å². The Morgan fingerprint density at radius 2 is 2.00 bits per heavy atom. The van der Waals surface area contributed by atoms with Crippen LogP contribution in [-0.2, 0) is 14.3 Å². The molecule has 0 bridgehead atoms. The highest BCUT2D eigenvalue weighted by Gasteiger charge is 2.37. The normalized spacial score (nSPS) is 26.1. The summed E-state index contributed by atoms with van der Waals surface area (Å²) in [6.45, 7) is 3.09. The minimum Gasteiger partial charge on any atom is -0.469 e. The van der Waals surface area contributed by atoms with Gasteiger partial charge in [0.05, 0.1) is 19.6 Å². The molecular formula is C22H29N3O4. The predicted molar refractivity (Wildman–Crippen MR) is 110 cm³/mol. The van der Waals surface area contributed by atoms with E-state index in [1.54, 1.807) is 11.0 Å². The molecule has 1 aromatic carbocycles. The quantitative estimate of drug-likeness (QED) is 0.467. The first-order valence-corrected chi connectivity index (χ1v) is 10.3. The van der Waals surface area contributed by atoms with Crippen LogP contribution < -0.4 is 10.2 Å². The van der Waals surface area contributed by atoms with Crippen LogP contribution in [0.25, 0.3) is 0 Å². The molecule has 1 saturated carbocycles. The Morgan fingerprint density at radius 3 is 2.76 bits per heavy atom. The number of aliphatic imine (C=N–C) groups is 1. The van der Waals surface area contributed by atoms with Gasteiger partial charge in [-0.05, 0) is 56.1 Å². The van der Waals surface area contributed by atoms with E-state index in [1.807, 2.05) is 31.2 Å². The topological polar surface area (TPSA) is 88.1 Å². The largest absolute Gasteiger partial charge is 0.469 e. The van der Waals surface area contributed by atoms with Crippen LogP contribution in [0.4, 0.5) is 10.5 Å². The van der Waals surface area contributed by atoms with Crippen LogP contribution >= 0.6 is 0 Å². The van der Waals surface area contributed by atoms with Gasteiger partial charge >= 0.3 is 12.0 Å². The number of hydrogen-bond acceptors (Lipinski definition) is 5. The van der Waals surface area contributed by atoms with E-state index in [2.05, 4.69) is 10.3 Å². The summed E-state index contributed by atoms with van der Waals surface area (Å²) in [6.07, 6.45) is 6.34. The van der Waals surface area contributed by atoms with Crippen molar-refractivity contribution in [2.75, 3.05) is 25.1 Å². The lowest BCUT2D eigenvalue weighted by Gasteiger charge is -2.38. The van der Waals surface area contributed by atoms with E-state index >= 15 is 0 Å². The zero-order valence-electron chi connectivity index (χ0n) is 17.1. The number of anilines is 1. The van der Waals surface area contributed by atoms with Gasteiger partial charge in [-0.2, -0.15) is 0 Å². The number of fused-ring (bicyclic) bond motifs is 1. The number of isocyanates is 1. The maximum Gasteiger partial charge on any atom is 0.322 e. The average Bonchev–Trinajstić information content (AvgIpc) is 2.75. The number of urea groups is 1. The molecule has 1 heterocycles. The number of esters is 1. The molecule has 4 atom stereocenters. The van der Waals surface area contributed by atoms with E-state index in [9.17, 15) is 14.4 Å². The van der Waals surface area contributed by atoms with Crippen LogP contribution in [0.3, 0.4) is 0 Å². The molecule has 1 N–H and O–H groups in total. The zero-order valence-corrected chi connectivity index (χ0v) is 17.1. The molecule has 2 aliphatic rings. The van der Waals surface area contributed by atoms with Crippen LogP contribution in [0.5, 0.6) is 0 Å². The first-order valence-electron chi connectivity index (χ1n) is 10.3. The highest BCUT2D eigenvalue weighted by molar-refractivity contribution is 5.96. The highest BCUT2D eigenvalue weighted by Crippen LogP contribution is 2.39. The summed E-state index contributed by atoms with van der Waals surface area (Å²) in [7, 11) is 1.40. The summed E-state index contributed by atoms with van der Waals surface area (Å²) in [5.74, 6) is 0.156. The zero-order chi connectivity index (χ0) is 20.8. The van der Waals surface area contributed by atoms with Crippen molar-refractivity contribution in [3.63, 3.8) is 0 Å². The fourth-order valence-corrected chi connectivity index (χ4v) is 4.72. The molecule has 1 aliphatic carbocycles. The van der Waals surface area contributed by atoms with Gasteiger partial charge in [-0.3, -0.25) is 9.69 Å². The van der Waals surface area contributed by atoms with E-state index in [-0.39, 0.29) is 24.0 Å². The molecule has 3 rings (SSSR count). The molecule has 1 aliphatic heterocycles.